The Kier molecular flexibility index (Phi) is 5.30. The predicted octanol–water partition coefficient (Wildman–Crippen LogP) is 3.52. The first-order valence-electron chi connectivity index (χ1n) is 6.76. The molecule has 2 aromatic rings. The van der Waals surface area contributed by atoms with E-state index in [0.29, 0.717) is 18.9 Å². The lowest BCUT2D eigenvalue weighted by Crippen LogP contribution is -2.06. The molecule has 0 amide bonds. The maximum atomic E-state index is 11.1. The molecular formula is C15H18N2O3S. The van der Waals surface area contributed by atoms with Crippen LogP contribution in [0.2, 0.25) is 0 Å². The smallest absolute Gasteiger partial charge is 0.310 e. The van der Waals surface area contributed by atoms with Crippen LogP contribution in [0.5, 0.6) is 5.75 Å². The van der Waals surface area contributed by atoms with Gasteiger partial charge in [-0.05, 0) is 37.2 Å². The van der Waals surface area contributed by atoms with Gasteiger partial charge in [-0.3, -0.25) is 10.1 Å². The average molecular weight is 306 g/mol. The second kappa shape index (κ2) is 7.19. The number of ether oxygens (including phenoxy) is 1. The molecule has 0 bridgehead atoms. The Hall–Kier alpha value is -1.92. The Labute approximate surface area is 127 Å². The maximum absolute atomic E-state index is 11.1. The minimum atomic E-state index is -0.412. The van der Waals surface area contributed by atoms with Crippen LogP contribution in [0, 0.1) is 10.1 Å². The number of benzene rings is 1. The fourth-order valence-electron chi connectivity index (χ4n) is 1.98. The summed E-state index contributed by atoms with van der Waals surface area (Å²) in [6, 6.07) is 9.03. The molecule has 2 rings (SSSR count). The largest absolute Gasteiger partial charge is 0.481 e. The molecular weight excluding hydrogens is 288 g/mol. The van der Waals surface area contributed by atoms with Gasteiger partial charge < -0.3 is 10.1 Å². The molecule has 0 aliphatic heterocycles. The highest BCUT2D eigenvalue weighted by molar-refractivity contribution is 7.11. The van der Waals surface area contributed by atoms with Gasteiger partial charge in [-0.1, -0.05) is 13.0 Å². The van der Waals surface area contributed by atoms with Crippen LogP contribution in [0.3, 0.4) is 0 Å². The van der Waals surface area contributed by atoms with Crippen LogP contribution in [0.15, 0.2) is 30.3 Å². The topological polar surface area (TPSA) is 64.4 Å². The molecule has 1 heterocycles. The highest BCUT2D eigenvalue weighted by Crippen LogP contribution is 2.29. The van der Waals surface area contributed by atoms with E-state index in [0.717, 1.165) is 16.9 Å². The van der Waals surface area contributed by atoms with Crippen molar-refractivity contribution in [2.75, 3.05) is 7.05 Å². The number of thiophene rings is 1. The molecule has 0 saturated carbocycles. The van der Waals surface area contributed by atoms with Crippen molar-refractivity contribution in [3.8, 4) is 5.75 Å². The summed E-state index contributed by atoms with van der Waals surface area (Å²) in [7, 11) is 1.83. The van der Waals surface area contributed by atoms with Crippen molar-refractivity contribution in [3.63, 3.8) is 0 Å². The summed E-state index contributed by atoms with van der Waals surface area (Å²) >= 11 is 1.67. The minimum absolute atomic E-state index is 0.00197. The standard InChI is InChI=1S/C15H18N2O3S/c1-3-12-5-6-13(21-12)10-20-15-8-11(9-16-2)4-7-14(15)17(18)19/h4-8,16H,3,9-10H2,1-2H3. The number of hydrogen-bond donors (Lipinski definition) is 1. The van der Waals surface area contributed by atoms with E-state index in [-0.39, 0.29) is 5.69 Å². The predicted molar refractivity (Wildman–Crippen MR) is 83.9 cm³/mol. The number of nitrogens with one attached hydrogen (secondary N) is 1. The number of aryl methyl sites for hydroxylation is 1. The Morgan fingerprint density at radius 3 is 2.67 bits per heavy atom. The molecule has 1 N–H and O–H groups in total. The zero-order chi connectivity index (χ0) is 15.2. The summed E-state index contributed by atoms with van der Waals surface area (Å²) in [4.78, 5) is 13.0. The Balaban J connectivity index is 2.16. The fourth-order valence-corrected chi connectivity index (χ4v) is 2.85. The Morgan fingerprint density at radius 2 is 2.05 bits per heavy atom. The van der Waals surface area contributed by atoms with Crippen molar-refractivity contribution in [3.05, 3.63) is 55.8 Å². The summed E-state index contributed by atoms with van der Waals surface area (Å²) in [5.74, 6) is 0.319. The van der Waals surface area contributed by atoms with Crippen molar-refractivity contribution < 1.29 is 9.66 Å². The zero-order valence-electron chi connectivity index (χ0n) is 12.1. The number of nitrogens with zero attached hydrogens (tertiary/aromatic N) is 1. The van der Waals surface area contributed by atoms with Gasteiger partial charge in [0.2, 0.25) is 0 Å². The second-order valence-electron chi connectivity index (χ2n) is 4.60. The maximum Gasteiger partial charge on any atom is 0.310 e. The SMILES string of the molecule is CCc1ccc(COc2cc(CNC)ccc2[N+](=O)[O-])s1. The van der Waals surface area contributed by atoms with Gasteiger partial charge in [-0.15, -0.1) is 11.3 Å². The average Bonchev–Trinajstić information content (AvgIpc) is 2.93. The van der Waals surface area contributed by atoms with Gasteiger partial charge in [-0.25, -0.2) is 0 Å². The van der Waals surface area contributed by atoms with E-state index in [1.54, 1.807) is 23.5 Å². The molecule has 1 aromatic heterocycles. The third-order valence-corrected chi connectivity index (χ3v) is 4.24. The van der Waals surface area contributed by atoms with E-state index in [2.05, 4.69) is 18.3 Å². The van der Waals surface area contributed by atoms with E-state index in [1.165, 1.54) is 10.9 Å². The third-order valence-electron chi connectivity index (χ3n) is 3.04. The zero-order valence-corrected chi connectivity index (χ0v) is 12.9. The lowest BCUT2D eigenvalue weighted by Gasteiger charge is -2.08. The molecule has 0 saturated heterocycles. The first kappa shape index (κ1) is 15.5. The van der Waals surface area contributed by atoms with Crippen molar-refractivity contribution >= 4 is 17.0 Å². The van der Waals surface area contributed by atoms with Gasteiger partial charge in [0, 0.05) is 22.4 Å². The molecule has 0 spiro atoms. The molecule has 0 aliphatic rings. The normalized spacial score (nSPS) is 10.6. The monoisotopic (exact) mass is 306 g/mol. The van der Waals surface area contributed by atoms with E-state index >= 15 is 0 Å². The van der Waals surface area contributed by atoms with Gasteiger partial charge in [0.25, 0.3) is 0 Å². The van der Waals surface area contributed by atoms with Gasteiger partial charge in [0.15, 0.2) is 5.75 Å². The lowest BCUT2D eigenvalue weighted by atomic mass is 10.2. The Morgan fingerprint density at radius 1 is 1.29 bits per heavy atom. The summed E-state index contributed by atoms with van der Waals surface area (Å²) in [6.07, 6.45) is 0.989. The molecule has 0 radical (unpaired) electrons. The molecule has 0 unspecified atom stereocenters. The van der Waals surface area contributed by atoms with E-state index in [1.807, 2.05) is 13.1 Å². The van der Waals surface area contributed by atoms with E-state index in [4.69, 9.17) is 4.74 Å². The van der Waals surface area contributed by atoms with Gasteiger partial charge in [0.1, 0.15) is 6.61 Å². The van der Waals surface area contributed by atoms with Crippen LogP contribution in [0.1, 0.15) is 22.2 Å². The van der Waals surface area contributed by atoms with Crippen LogP contribution in [-0.2, 0) is 19.6 Å². The van der Waals surface area contributed by atoms with Gasteiger partial charge >= 0.3 is 5.69 Å². The van der Waals surface area contributed by atoms with Crippen molar-refractivity contribution in [2.45, 2.75) is 26.5 Å². The summed E-state index contributed by atoms with van der Waals surface area (Å²) in [6.45, 7) is 3.10. The van der Waals surface area contributed by atoms with Crippen LogP contribution < -0.4 is 10.1 Å². The highest BCUT2D eigenvalue weighted by Gasteiger charge is 2.16. The Bertz CT molecular complexity index is 625. The van der Waals surface area contributed by atoms with Crippen LogP contribution in [-0.4, -0.2) is 12.0 Å². The quantitative estimate of drug-likeness (QED) is 0.628. The summed E-state index contributed by atoms with van der Waals surface area (Å²) < 4.78 is 5.67. The van der Waals surface area contributed by atoms with Crippen molar-refractivity contribution in [1.29, 1.82) is 0 Å². The van der Waals surface area contributed by atoms with Crippen LogP contribution >= 0.6 is 11.3 Å². The molecule has 112 valence electrons. The molecule has 6 heteroatoms. The number of hydrogen-bond acceptors (Lipinski definition) is 5. The lowest BCUT2D eigenvalue weighted by molar-refractivity contribution is -0.386. The molecule has 21 heavy (non-hydrogen) atoms. The summed E-state index contributed by atoms with van der Waals surface area (Å²) in [5, 5.41) is 14.1. The summed E-state index contributed by atoms with van der Waals surface area (Å²) in [5.41, 5.74) is 0.959. The highest BCUT2D eigenvalue weighted by atomic mass is 32.1. The second-order valence-corrected chi connectivity index (χ2v) is 5.85. The first-order valence-corrected chi connectivity index (χ1v) is 7.58. The van der Waals surface area contributed by atoms with Gasteiger partial charge in [0.05, 0.1) is 4.92 Å². The van der Waals surface area contributed by atoms with E-state index in [9.17, 15) is 10.1 Å². The van der Waals surface area contributed by atoms with Crippen molar-refractivity contribution in [1.82, 2.24) is 5.32 Å². The number of rotatable bonds is 7. The molecule has 0 fully saturated rings. The molecule has 5 nitrogen and oxygen atoms in total. The van der Waals surface area contributed by atoms with Crippen LogP contribution in [0.4, 0.5) is 5.69 Å². The van der Waals surface area contributed by atoms with Gasteiger partial charge in [-0.2, -0.15) is 0 Å². The van der Waals surface area contributed by atoms with Crippen molar-refractivity contribution in [2.24, 2.45) is 0 Å². The number of nitro benzene ring substituents is 1. The van der Waals surface area contributed by atoms with E-state index < -0.39 is 4.92 Å². The minimum Gasteiger partial charge on any atom is -0.481 e. The third kappa shape index (κ3) is 4.03. The fraction of sp³-hybridized carbons (Fsp3) is 0.333. The number of nitro groups is 1. The molecule has 0 aliphatic carbocycles. The van der Waals surface area contributed by atoms with Crippen LogP contribution in [0.25, 0.3) is 0 Å². The molecule has 1 aromatic carbocycles. The first-order chi connectivity index (χ1) is 10.1. The molecule has 0 atom stereocenters.